The van der Waals surface area contributed by atoms with Gasteiger partial charge in [-0.1, -0.05) is 60.7 Å². The summed E-state index contributed by atoms with van der Waals surface area (Å²) < 4.78 is 17.2. The molecule has 2 N–H and O–H groups in total. The van der Waals surface area contributed by atoms with Gasteiger partial charge < -0.3 is 10.4 Å². The number of aromatic nitrogens is 2. The Morgan fingerprint density at radius 2 is 1.62 bits per heavy atom. The van der Waals surface area contributed by atoms with Gasteiger partial charge in [-0.3, -0.25) is 9.59 Å². The maximum atomic E-state index is 15.4. The van der Waals surface area contributed by atoms with Crippen LogP contribution in [-0.2, 0) is 20.4 Å². The van der Waals surface area contributed by atoms with Crippen LogP contribution in [-0.4, -0.2) is 26.8 Å². The molecule has 0 saturated heterocycles. The second-order valence-corrected chi connectivity index (χ2v) is 11.7. The number of carboxylic acids is 1. The zero-order valence-electron chi connectivity index (χ0n) is 23.1. The normalized spacial score (nSPS) is 19.0. The summed E-state index contributed by atoms with van der Waals surface area (Å²) in [6.45, 7) is 3.34. The predicted octanol–water partition coefficient (Wildman–Crippen LogP) is 7.09. The van der Waals surface area contributed by atoms with E-state index in [1.54, 1.807) is 24.7 Å². The van der Waals surface area contributed by atoms with Crippen LogP contribution in [0.3, 0.4) is 0 Å². The van der Waals surface area contributed by atoms with Crippen LogP contribution >= 0.6 is 0 Å². The van der Waals surface area contributed by atoms with Crippen LogP contribution in [0.25, 0.3) is 27.9 Å². The number of rotatable bonds is 6. The van der Waals surface area contributed by atoms with E-state index in [1.165, 1.54) is 6.07 Å². The Morgan fingerprint density at radius 1 is 0.976 bits per heavy atom. The van der Waals surface area contributed by atoms with Gasteiger partial charge in [0.1, 0.15) is 5.82 Å². The maximum Gasteiger partial charge on any atom is 0.313 e. The van der Waals surface area contributed by atoms with Crippen LogP contribution in [0.15, 0.2) is 103 Å². The van der Waals surface area contributed by atoms with Crippen molar-refractivity contribution in [3.05, 3.63) is 126 Å². The molecule has 2 unspecified atom stereocenters. The summed E-state index contributed by atoms with van der Waals surface area (Å²) in [7, 11) is 0. The van der Waals surface area contributed by atoms with Gasteiger partial charge in [0.25, 0.3) is 0 Å². The van der Waals surface area contributed by atoms with Gasteiger partial charge in [-0.25, -0.2) is 9.07 Å². The molecule has 1 fully saturated rings. The highest BCUT2D eigenvalue weighted by atomic mass is 19.1. The molecule has 1 saturated carbocycles. The standard InChI is InChI=1S/C35H28FN3O3/c1-34(2,33(41)42)25-12-8-24(9-13-25)29-20-35(29)28-18-27(30(36)19-31(28)38-32(35)40)23-6-4-21(5-7-23)22-10-14-26(15-11-22)39-17-3-16-37-39/h3-19,29H,20H2,1-2H3,(H,38,40)(H,41,42). The monoisotopic (exact) mass is 557 g/mol. The van der Waals surface area contributed by atoms with Crippen molar-refractivity contribution < 1.29 is 19.1 Å². The van der Waals surface area contributed by atoms with Gasteiger partial charge >= 0.3 is 5.97 Å². The Labute approximate surface area is 242 Å². The van der Waals surface area contributed by atoms with Crippen molar-refractivity contribution in [3.63, 3.8) is 0 Å². The van der Waals surface area contributed by atoms with Gasteiger partial charge in [0.05, 0.1) is 16.5 Å². The number of anilines is 1. The molecule has 42 heavy (non-hydrogen) atoms. The van der Waals surface area contributed by atoms with Crippen LogP contribution in [0.5, 0.6) is 0 Å². The van der Waals surface area contributed by atoms with E-state index >= 15 is 4.39 Å². The Hall–Kier alpha value is -5.04. The molecule has 2 aliphatic rings. The molecule has 7 heteroatoms. The number of carboxylic acid groups (broad SMARTS) is 1. The van der Waals surface area contributed by atoms with Gasteiger partial charge in [0, 0.05) is 29.6 Å². The third kappa shape index (κ3) is 3.96. The number of aliphatic carboxylic acids is 1. The first kappa shape index (κ1) is 25.9. The highest BCUT2D eigenvalue weighted by molar-refractivity contribution is 6.10. The van der Waals surface area contributed by atoms with E-state index in [1.807, 2.05) is 91.1 Å². The summed E-state index contributed by atoms with van der Waals surface area (Å²) in [4.78, 5) is 24.9. The Kier molecular flexibility index (Phi) is 5.70. The summed E-state index contributed by atoms with van der Waals surface area (Å²) in [5, 5.41) is 16.7. The van der Waals surface area contributed by atoms with Crippen molar-refractivity contribution in [2.75, 3.05) is 5.32 Å². The molecule has 4 aromatic carbocycles. The Bertz CT molecular complexity index is 1840. The topological polar surface area (TPSA) is 84.2 Å². The molecule has 5 aromatic rings. The fourth-order valence-corrected chi connectivity index (χ4v) is 6.16. The Balaban J connectivity index is 1.17. The van der Waals surface area contributed by atoms with Gasteiger partial charge in [0.2, 0.25) is 5.91 Å². The van der Waals surface area contributed by atoms with Crippen LogP contribution in [0.1, 0.15) is 42.9 Å². The lowest BCUT2D eigenvalue weighted by Gasteiger charge is -2.20. The number of nitrogens with zero attached hydrogens (tertiary/aromatic N) is 2. The van der Waals surface area contributed by atoms with Gasteiger partial charge in [-0.05, 0) is 84.0 Å². The van der Waals surface area contributed by atoms with E-state index in [0.29, 0.717) is 23.2 Å². The average Bonchev–Trinajstić information content (AvgIpc) is 3.38. The largest absolute Gasteiger partial charge is 0.481 e. The zero-order valence-corrected chi connectivity index (χ0v) is 23.1. The van der Waals surface area contributed by atoms with Crippen LogP contribution < -0.4 is 5.32 Å². The van der Waals surface area contributed by atoms with Gasteiger partial charge in [-0.2, -0.15) is 5.10 Å². The van der Waals surface area contributed by atoms with Crippen molar-refractivity contribution >= 4 is 17.6 Å². The minimum absolute atomic E-state index is 0.0638. The minimum atomic E-state index is -1.01. The first-order chi connectivity index (χ1) is 20.2. The molecule has 1 amide bonds. The van der Waals surface area contributed by atoms with Crippen LogP contribution in [0.4, 0.5) is 10.1 Å². The van der Waals surface area contributed by atoms with Crippen molar-refractivity contribution in [3.8, 4) is 27.9 Å². The first-order valence-electron chi connectivity index (χ1n) is 13.9. The van der Waals surface area contributed by atoms with Crippen LogP contribution in [0.2, 0.25) is 0 Å². The molecule has 0 radical (unpaired) electrons. The minimum Gasteiger partial charge on any atom is -0.481 e. The third-order valence-corrected chi connectivity index (χ3v) is 8.94. The summed E-state index contributed by atoms with van der Waals surface area (Å²) in [5.74, 6) is -1.47. The van der Waals surface area contributed by atoms with Crippen LogP contribution in [0, 0.1) is 5.82 Å². The second kappa shape index (κ2) is 9.24. The molecular weight excluding hydrogens is 529 g/mol. The molecular formula is C35H28FN3O3. The zero-order chi connectivity index (χ0) is 29.2. The molecule has 1 aliphatic carbocycles. The van der Waals surface area contributed by atoms with Gasteiger partial charge in [0.15, 0.2) is 0 Å². The number of fused-ring (bicyclic) bond motifs is 2. The lowest BCUT2D eigenvalue weighted by atomic mass is 9.83. The van der Waals surface area contributed by atoms with Crippen molar-refractivity contribution in [2.45, 2.75) is 37.0 Å². The summed E-state index contributed by atoms with van der Waals surface area (Å²) in [6, 6.07) is 28.4. The summed E-state index contributed by atoms with van der Waals surface area (Å²) >= 11 is 0. The Morgan fingerprint density at radius 3 is 2.24 bits per heavy atom. The van der Waals surface area contributed by atoms with E-state index in [4.69, 9.17) is 0 Å². The van der Waals surface area contributed by atoms with Crippen molar-refractivity contribution in [1.82, 2.24) is 9.78 Å². The van der Waals surface area contributed by atoms with Gasteiger partial charge in [-0.15, -0.1) is 0 Å². The molecule has 2 atom stereocenters. The number of hydrogen-bond donors (Lipinski definition) is 2. The molecule has 1 spiro atoms. The van der Waals surface area contributed by atoms with E-state index < -0.39 is 16.8 Å². The van der Waals surface area contributed by atoms with E-state index in [9.17, 15) is 14.7 Å². The fourth-order valence-electron chi connectivity index (χ4n) is 6.16. The third-order valence-electron chi connectivity index (χ3n) is 8.94. The summed E-state index contributed by atoms with van der Waals surface area (Å²) in [5.41, 5.74) is 5.44. The number of benzene rings is 4. The predicted molar refractivity (Wildman–Crippen MR) is 159 cm³/mol. The highest BCUT2D eigenvalue weighted by Gasteiger charge is 2.65. The number of halogens is 1. The number of carbonyl (C=O) groups excluding carboxylic acids is 1. The molecule has 1 aliphatic heterocycles. The van der Waals surface area contributed by atoms with E-state index in [-0.39, 0.29) is 17.6 Å². The maximum absolute atomic E-state index is 15.4. The second-order valence-electron chi connectivity index (χ2n) is 11.7. The smallest absolute Gasteiger partial charge is 0.313 e. The molecule has 6 nitrogen and oxygen atoms in total. The average molecular weight is 558 g/mol. The van der Waals surface area contributed by atoms with Crippen molar-refractivity contribution in [1.29, 1.82) is 0 Å². The molecule has 208 valence electrons. The number of nitrogens with one attached hydrogen (secondary N) is 1. The molecule has 1 aromatic heterocycles. The molecule has 0 bridgehead atoms. The van der Waals surface area contributed by atoms with Crippen molar-refractivity contribution in [2.24, 2.45) is 0 Å². The summed E-state index contributed by atoms with van der Waals surface area (Å²) in [6.07, 6.45) is 4.25. The highest BCUT2D eigenvalue weighted by Crippen LogP contribution is 2.65. The molecule has 7 rings (SSSR count). The van der Waals surface area contributed by atoms with E-state index in [2.05, 4.69) is 10.4 Å². The number of hydrogen-bond acceptors (Lipinski definition) is 3. The number of carbonyl (C=O) groups is 2. The number of amides is 1. The lowest BCUT2D eigenvalue weighted by molar-refractivity contribution is -0.142. The quantitative estimate of drug-likeness (QED) is 0.234. The lowest BCUT2D eigenvalue weighted by Crippen LogP contribution is -2.28. The molecule has 2 heterocycles. The fraction of sp³-hybridized carbons (Fsp3) is 0.171. The first-order valence-corrected chi connectivity index (χ1v) is 13.9. The SMILES string of the molecule is CC(C)(C(=O)O)c1ccc(C2CC23C(=O)Nc2cc(F)c(-c4ccc(-c5ccc(-n6cccn6)cc5)cc4)cc23)cc1. The van der Waals surface area contributed by atoms with E-state index in [0.717, 1.165) is 33.5 Å².